The maximum Gasteiger partial charge on any atom is 0.338 e. The third-order valence-corrected chi connectivity index (χ3v) is 7.46. The number of hydrogen-bond donors (Lipinski definition) is 1. The Morgan fingerprint density at radius 1 is 1.00 bits per heavy atom. The average Bonchev–Trinajstić information content (AvgIpc) is 2.81. The summed E-state index contributed by atoms with van der Waals surface area (Å²) in [5, 5.41) is 3.06. The molecule has 0 aliphatic heterocycles. The van der Waals surface area contributed by atoms with Crippen molar-refractivity contribution in [2.24, 2.45) is 0 Å². The van der Waals surface area contributed by atoms with Gasteiger partial charge in [0, 0.05) is 21.7 Å². The molecule has 3 aromatic rings. The van der Waals surface area contributed by atoms with Crippen LogP contribution in [0.1, 0.15) is 22.8 Å². The predicted molar refractivity (Wildman–Crippen MR) is 134 cm³/mol. The molecule has 0 aliphatic rings. The van der Waals surface area contributed by atoms with Crippen LogP contribution in [-0.4, -0.2) is 37.8 Å². The summed E-state index contributed by atoms with van der Waals surface area (Å²) >= 11 is 9.54. The summed E-state index contributed by atoms with van der Waals surface area (Å²) in [6.45, 7) is 1.44. The van der Waals surface area contributed by atoms with Gasteiger partial charge < -0.3 is 10.1 Å². The van der Waals surface area contributed by atoms with E-state index in [1.807, 2.05) is 0 Å². The van der Waals surface area contributed by atoms with Gasteiger partial charge in [-0.2, -0.15) is 4.31 Å². The normalized spacial score (nSPS) is 11.3. The van der Waals surface area contributed by atoms with Crippen LogP contribution in [0.4, 0.5) is 5.69 Å². The zero-order valence-electron chi connectivity index (χ0n) is 18.2. The standard InChI is InChI=1S/C24H22BrClN2O5S/c1-2-33-24(30)17-7-11-20(12-8-17)27-23(29)16-28(15-18-5-3-4-6-22(18)26)34(31,32)21-13-9-19(25)10-14-21/h3-14H,2,15-16H2,1H3,(H,27,29). The molecule has 3 rings (SSSR count). The van der Waals surface area contributed by atoms with E-state index in [2.05, 4.69) is 21.2 Å². The van der Waals surface area contributed by atoms with Gasteiger partial charge in [0.1, 0.15) is 0 Å². The van der Waals surface area contributed by atoms with E-state index >= 15 is 0 Å². The van der Waals surface area contributed by atoms with Gasteiger partial charge in [0.2, 0.25) is 15.9 Å². The summed E-state index contributed by atoms with van der Waals surface area (Å²) in [4.78, 5) is 24.6. The largest absolute Gasteiger partial charge is 0.462 e. The Kier molecular flexibility index (Phi) is 8.84. The van der Waals surface area contributed by atoms with Gasteiger partial charge in [0.25, 0.3) is 0 Å². The molecule has 0 atom stereocenters. The number of benzene rings is 3. The number of amides is 1. The van der Waals surface area contributed by atoms with E-state index in [4.69, 9.17) is 16.3 Å². The Bertz CT molecular complexity index is 1270. The molecule has 7 nitrogen and oxygen atoms in total. The number of carbonyl (C=O) groups is 2. The summed E-state index contributed by atoms with van der Waals surface area (Å²) in [6.07, 6.45) is 0. The van der Waals surface area contributed by atoms with Crippen LogP contribution in [0.15, 0.2) is 82.2 Å². The molecule has 0 aromatic heterocycles. The van der Waals surface area contributed by atoms with Crippen molar-refractivity contribution in [2.45, 2.75) is 18.4 Å². The molecule has 34 heavy (non-hydrogen) atoms. The molecule has 0 spiro atoms. The molecular formula is C24H22BrClN2O5S. The summed E-state index contributed by atoms with van der Waals surface area (Å²) in [6, 6.07) is 19.2. The molecule has 1 amide bonds. The quantitative estimate of drug-likeness (QED) is 0.364. The molecular weight excluding hydrogens is 544 g/mol. The zero-order chi connectivity index (χ0) is 24.7. The lowest BCUT2D eigenvalue weighted by Crippen LogP contribution is -2.37. The maximum absolute atomic E-state index is 13.4. The van der Waals surface area contributed by atoms with Gasteiger partial charge in [-0.1, -0.05) is 45.7 Å². The molecule has 10 heteroatoms. The van der Waals surface area contributed by atoms with Gasteiger partial charge in [0.05, 0.1) is 23.6 Å². The number of halogens is 2. The number of nitrogens with one attached hydrogen (secondary N) is 1. The van der Waals surface area contributed by atoms with E-state index in [1.165, 1.54) is 24.3 Å². The SMILES string of the molecule is CCOC(=O)c1ccc(NC(=O)CN(Cc2ccccc2Cl)S(=O)(=O)c2ccc(Br)cc2)cc1. The minimum Gasteiger partial charge on any atom is -0.462 e. The van der Waals surface area contributed by atoms with Crippen molar-refractivity contribution < 1.29 is 22.7 Å². The van der Waals surface area contributed by atoms with Gasteiger partial charge in [0.15, 0.2) is 0 Å². The smallest absolute Gasteiger partial charge is 0.338 e. The van der Waals surface area contributed by atoms with Gasteiger partial charge in [-0.15, -0.1) is 0 Å². The Morgan fingerprint density at radius 3 is 2.26 bits per heavy atom. The first kappa shape index (κ1) is 25.9. The summed E-state index contributed by atoms with van der Waals surface area (Å²) in [7, 11) is -4.01. The fourth-order valence-corrected chi connectivity index (χ4v) is 4.90. The molecule has 1 N–H and O–H groups in total. The minimum atomic E-state index is -4.01. The van der Waals surface area contributed by atoms with Crippen LogP contribution in [-0.2, 0) is 26.1 Å². The lowest BCUT2D eigenvalue weighted by molar-refractivity contribution is -0.116. The van der Waals surface area contributed by atoms with Crippen LogP contribution in [0.3, 0.4) is 0 Å². The van der Waals surface area contributed by atoms with Crippen LogP contribution in [0, 0.1) is 0 Å². The number of hydrogen-bond acceptors (Lipinski definition) is 5. The van der Waals surface area contributed by atoms with Crippen molar-refractivity contribution in [3.8, 4) is 0 Å². The third-order valence-electron chi connectivity index (χ3n) is 4.76. The van der Waals surface area contributed by atoms with Crippen molar-refractivity contribution in [3.63, 3.8) is 0 Å². The molecule has 0 saturated heterocycles. The average molecular weight is 566 g/mol. The lowest BCUT2D eigenvalue weighted by Gasteiger charge is -2.22. The number of esters is 1. The van der Waals surface area contributed by atoms with Gasteiger partial charge in [-0.25, -0.2) is 13.2 Å². The Morgan fingerprint density at radius 2 is 1.65 bits per heavy atom. The molecule has 0 saturated carbocycles. The van der Waals surface area contributed by atoms with Crippen LogP contribution < -0.4 is 5.32 Å². The van der Waals surface area contributed by atoms with Crippen LogP contribution in [0.2, 0.25) is 5.02 Å². The van der Waals surface area contributed by atoms with Crippen molar-refractivity contribution in [1.82, 2.24) is 4.31 Å². The van der Waals surface area contributed by atoms with E-state index in [1.54, 1.807) is 55.5 Å². The van der Waals surface area contributed by atoms with E-state index in [9.17, 15) is 18.0 Å². The molecule has 0 fully saturated rings. The first-order valence-corrected chi connectivity index (χ1v) is 12.9. The molecule has 0 bridgehead atoms. The second-order valence-electron chi connectivity index (χ2n) is 7.16. The second kappa shape index (κ2) is 11.6. The molecule has 0 aliphatic carbocycles. The maximum atomic E-state index is 13.4. The first-order valence-electron chi connectivity index (χ1n) is 10.3. The highest BCUT2D eigenvalue weighted by molar-refractivity contribution is 9.10. The Balaban J connectivity index is 1.82. The lowest BCUT2D eigenvalue weighted by atomic mass is 10.2. The monoisotopic (exact) mass is 564 g/mol. The Hall–Kier alpha value is -2.72. The fraction of sp³-hybridized carbons (Fsp3) is 0.167. The van der Waals surface area contributed by atoms with Crippen molar-refractivity contribution >= 4 is 55.1 Å². The van der Waals surface area contributed by atoms with Crippen molar-refractivity contribution in [2.75, 3.05) is 18.5 Å². The molecule has 3 aromatic carbocycles. The number of ether oxygens (including phenoxy) is 1. The number of rotatable bonds is 9. The zero-order valence-corrected chi connectivity index (χ0v) is 21.4. The van der Waals surface area contributed by atoms with Crippen molar-refractivity contribution in [1.29, 1.82) is 0 Å². The highest BCUT2D eigenvalue weighted by Crippen LogP contribution is 2.24. The van der Waals surface area contributed by atoms with E-state index in [-0.39, 0.29) is 18.0 Å². The summed E-state index contributed by atoms with van der Waals surface area (Å²) < 4.78 is 33.5. The summed E-state index contributed by atoms with van der Waals surface area (Å²) in [5.74, 6) is -1.01. The second-order valence-corrected chi connectivity index (χ2v) is 10.4. The van der Waals surface area contributed by atoms with Gasteiger partial charge in [-0.05, 0) is 67.1 Å². The van der Waals surface area contributed by atoms with E-state index < -0.39 is 28.4 Å². The minimum absolute atomic E-state index is 0.0503. The first-order chi connectivity index (χ1) is 16.2. The number of nitrogens with zero attached hydrogens (tertiary/aromatic N) is 1. The molecule has 178 valence electrons. The molecule has 0 radical (unpaired) electrons. The Labute approximate surface area is 211 Å². The molecule has 0 unspecified atom stereocenters. The fourth-order valence-electron chi connectivity index (χ4n) is 3.06. The topological polar surface area (TPSA) is 92.8 Å². The molecule has 0 heterocycles. The van der Waals surface area contributed by atoms with Crippen LogP contribution in [0.25, 0.3) is 0 Å². The van der Waals surface area contributed by atoms with Crippen LogP contribution >= 0.6 is 27.5 Å². The van der Waals surface area contributed by atoms with Gasteiger partial charge >= 0.3 is 5.97 Å². The number of anilines is 1. The number of carbonyl (C=O) groups excluding carboxylic acids is 2. The van der Waals surface area contributed by atoms with Gasteiger partial charge in [-0.3, -0.25) is 4.79 Å². The summed E-state index contributed by atoms with van der Waals surface area (Å²) in [5.41, 5.74) is 1.33. The van der Waals surface area contributed by atoms with E-state index in [0.29, 0.717) is 21.8 Å². The van der Waals surface area contributed by atoms with Crippen LogP contribution in [0.5, 0.6) is 0 Å². The van der Waals surface area contributed by atoms with Crippen molar-refractivity contribution in [3.05, 3.63) is 93.4 Å². The predicted octanol–water partition coefficient (Wildman–Crippen LogP) is 5.11. The highest BCUT2D eigenvalue weighted by atomic mass is 79.9. The van der Waals surface area contributed by atoms with E-state index in [0.717, 1.165) is 8.78 Å². The third kappa shape index (κ3) is 6.66. The highest BCUT2D eigenvalue weighted by Gasteiger charge is 2.27. The number of sulfonamides is 1.